The maximum atomic E-state index is 12.8. The van der Waals surface area contributed by atoms with Gasteiger partial charge in [0.05, 0.1) is 5.38 Å². The summed E-state index contributed by atoms with van der Waals surface area (Å²) in [5.74, 6) is 0.976. The molecule has 0 bridgehead atoms. The van der Waals surface area contributed by atoms with Crippen LogP contribution in [0.25, 0.3) is 0 Å². The summed E-state index contributed by atoms with van der Waals surface area (Å²) in [5.41, 5.74) is -0.251. The molecule has 0 aromatic carbocycles. The van der Waals surface area contributed by atoms with Gasteiger partial charge in [0, 0.05) is 18.8 Å². The second kappa shape index (κ2) is 6.42. The van der Waals surface area contributed by atoms with Crippen LogP contribution < -0.4 is 0 Å². The third kappa shape index (κ3) is 2.52. The first-order valence-electron chi connectivity index (χ1n) is 10.6. The van der Waals surface area contributed by atoms with Gasteiger partial charge in [0.25, 0.3) is 0 Å². The molecule has 3 fully saturated rings. The number of alkyl halides is 1. The molecule has 0 aliphatic heterocycles. The van der Waals surface area contributed by atoms with Crippen molar-refractivity contribution in [1.82, 2.24) is 0 Å². The lowest BCUT2D eigenvalue weighted by atomic mass is 9.46. The van der Waals surface area contributed by atoms with E-state index in [4.69, 9.17) is 16.3 Å². The van der Waals surface area contributed by atoms with Crippen molar-refractivity contribution in [2.24, 2.45) is 28.6 Å². The molecule has 4 aliphatic rings. The summed E-state index contributed by atoms with van der Waals surface area (Å²) in [6, 6.07) is 0. The van der Waals surface area contributed by atoms with Crippen LogP contribution in [0.1, 0.15) is 72.6 Å². The van der Waals surface area contributed by atoms with Gasteiger partial charge in [0.2, 0.25) is 0 Å². The number of carbonyl (C=O) groups excluding carboxylic acids is 3. The Bertz CT molecular complexity index is 773. The molecule has 0 spiro atoms. The van der Waals surface area contributed by atoms with Crippen LogP contribution in [-0.4, -0.2) is 28.5 Å². The van der Waals surface area contributed by atoms with Gasteiger partial charge in [-0.3, -0.25) is 14.4 Å². The molecule has 3 saturated carbocycles. The molecule has 0 amide bonds. The monoisotopic (exact) mass is 406 g/mol. The van der Waals surface area contributed by atoms with Gasteiger partial charge in [-0.05, 0) is 80.3 Å². The van der Waals surface area contributed by atoms with Crippen LogP contribution in [0.15, 0.2) is 11.6 Å². The third-order valence-electron chi connectivity index (χ3n) is 8.94. The summed E-state index contributed by atoms with van der Waals surface area (Å²) >= 11 is 6.85. The van der Waals surface area contributed by atoms with E-state index in [0.29, 0.717) is 30.6 Å². The van der Waals surface area contributed by atoms with Crippen molar-refractivity contribution in [2.75, 3.05) is 0 Å². The smallest absolute Gasteiger partial charge is 0.303 e. The average molecular weight is 407 g/mol. The van der Waals surface area contributed by atoms with Crippen molar-refractivity contribution in [2.45, 2.75) is 83.6 Å². The summed E-state index contributed by atoms with van der Waals surface area (Å²) in [6.07, 6.45) is 7.48. The highest BCUT2D eigenvalue weighted by Gasteiger charge is 2.68. The highest BCUT2D eigenvalue weighted by molar-refractivity contribution is 6.23. The molecular weight excluding hydrogens is 376 g/mol. The lowest BCUT2D eigenvalue weighted by molar-refractivity contribution is -0.187. The fourth-order valence-corrected chi connectivity index (χ4v) is 8.14. The molecule has 0 heterocycles. The number of esters is 1. The lowest BCUT2D eigenvalue weighted by Crippen LogP contribution is -2.59. The summed E-state index contributed by atoms with van der Waals surface area (Å²) in [6.45, 7) is 7.42. The number of fused-ring (bicyclic) bond motifs is 5. The number of rotatable bonds is 2. The quantitative estimate of drug-likeness (QED) is 0.495. The first-order chi connectivity index (χ1) is 13.0. The highest BCUT2D eigenvalue weighted by atomic mass is 35.5. The maximum Gasteiger partial charge on any atom is 0.303 e. The Balaban J connectivity index is 1.73. The van der Waals surface area contributed by atoms with Gasteiger partial charge in [-0.1, -0.05) is 13.8 Å². The third-order valence-corrected chi connectivity index (χ3v) is 9.36. The predicted molar refractivity (Wildman–Crippen MR) is 107 cm³/mol. The Kier molecular flexibility index (Phi) is 4.61. The minimum absolute atomic E-state index is 0.0283. The van der Waals surface area contributed by atoms with Gasteiger partial charge in [-0.2, -0.15) is 0 Å². The molecule has 4 aliphatic carbocycles. The second-order valence-corrected chi connectivity index (χ2v) is 10.6. The number of ketones is 2. The highest BCUT2D eigenvalue weighted by Crippen LogP contribution is 2.68. The Hall–Kier alpha value is -1.16. The van der Waals surface area contributed by atoms with E-state index in [-0.39, 0.29) is 33.7 Å². The summed E-state index contributed by atoms with van der Waals surface area (Å²) in [5, 5.41) is -0.126. The summed E-state index contributed by atoms with van der Waals surface area (Å²) in [7, 11) is 0. The molecule has 0 N–H and O–H groups in total. The molecule has 0 aromatic heterocycles. The van der Waals surface area contributed by atoms with Gasteiger partial charge < -0.3 is 4.74 Å². The van der Waals surface area contributed by atoms with Crippen LogP contribution in [0.3, 0.4) is 0 Å². The minimum Gasteiger partial charge on any atom is -0.451 e. The molecule has 0 saturated heterocycles. The normalized spacial score (nSPS) is 47.5. The van der Waals surface area contributed by atoms with Gasteiger partial charge in [0.1, 0.15) is 0 Å². The molecule has 28 heavy (non-hydrogen) atoms. The number of ether oxygens (including phenoxy) is 1. The average Bonchev–Trinajstić information content (AvgIpc) is 2.90. The molecule has 154 valence electrons. The number of halogens is 1. The fourth-order valence-electron chi connectivity index (χ4n) is 7.62. The van der Waals surface area contributed by atoms with Crippen molar-refractivity contribution in [1.29, 1.82) is 0 Å². The Morgan fingerprint density at radius 3 is 2.43 bits per heavy atom. The fraction of sp³-hybridized carbons (Fsp3) is 0.783. The van der Waals surface area contributed by atoms with Crippen molar-refractivity contribution in [3.8, 4) is 0 Å². The zero-order valence-electron chi connectivity index (χ0n) is 17.3. The van der Waals surface area contributed by atoms with E-state index in [9.17, 15) is 14.4 Å². The Labute approximate surface area is 172 Å². The van der Waals surface area contributed by atoms with E-state index in [0.717, 1.165) is 37.7 Å². The van der Waals surface area contributed by atoms with E-state index < -0.39 is 5.60 Å². The summed E-state index contributed by atoms with van der Waals surface area (Å²) < 4.78 is 5.81. The molecular formula is C23H31ClO4. The first kappa shape index (κ1) is 20.1. The zero-order valence-corrected chi connectivity index (χ0v) is 18.1. The van der Waals surface area contributed by atoms with Crippen LogP contribution >= 0.6 is 11.6 Å². The van der Waals surface area contributed by atoms with Crippen LogP contribution in [0.2, 0.25) is 0 Å². The van der Waals surface area contributed by atoms with Crippen LogP contribution in [0.4, 0.5) is 0 Å². The van der Waals surface area contributed by atoms with Crippen molar-refractivity contribution >= 4 is 29.1 Å². The number of Topliss-reactive ketones (excluding diaryl/α,β-unsaturated/α-hetero) is 1. The number of allylic oxidation sites excluding steroid dienone is 1. The van der Waals surface area contributed by atoms with Gasteiger partial charge in [0.15, 0.2) is 17.2 Å². The molecule has 0 aromatic rings. The van der Waals surface area contributed by atoms with Crippen molar-refractivity contribution < 1.29 is 19.1 Å². The minimum atomic E-state index is -1.00. The van der Waals surface area contributed by atoms with E-state index in [1.54, 1.807) is 6.92 Å². The Morgan fingerprint density at radius 1 is 1.11 bits per heavy atom. The van der Waals surface area contributed by atoms with E-state index in [1.165, 1.54) is 6.92 Å². The largest absolute Gasteiger partial charge is 0.451 e. The van der Waals surface area contributed by atoms with Crippen LogP contribution in [0.5, 0.6) is 0 Å². The SMILES string of the molecule is CC(=O)O[C@@]1(C(C)=O)CC[C@@H]2[C@H]3C[C@@H](Cl)C4=CC(=O)CC[C@@]4(C)[C@@H]3CC[C@]21C. The van der Waals surface area contributed by atoms with Crippen LogP contribution in [-0.2, 0) is 19.1 Å². The molecule has 4 nitrogen and oxygen atoms in total. The number of carbonyl (C=O) groups is 3. The van der Waals surface area contributed by atoms with Gasteiger partial charge in [-0.25, -0.2) is 0 Å². The number of hydrogen-bond acceptors (Lipinski definition) is 4. The van der Waals surface area contributed by atoms with Crippen molar-refractivity contribution in [3.05, 3.63) is 11.6 Å². The van der Waals surface area contributed by atoms with E-state index in [1.807, 2.05) is 6.08 Å². The standard InChI is InChI=1S/C23H31ClO4/c1-13(25)23(28-14(2)26)10-7-18-16-12-20(24)19-11-15(27)5-8-21(19,3)17(16)6-9-22(18,23)4/h11,16-18,20H,5-10,12H2,1-4H3/t16-,17+,18+,20+,21-,22+,23+/m0/s1. The molecule has 5 heteroatoms. The number of hydrogen-bond donors (Lipinski definition) is 0. The van der Waals surface area contributed by atoms with E-state index in [2.05, 4.69) is 13.8 Å². The van der Waals surface area contributed by atoms with Crippen LogP contribution in [0, 0.1) is 28.6 Å². The van der Waals surface area contributed by atoms with Crippen molar-refractivity contribution in [3.63, 3.8) is 0 Å². The predicted octanol–water partition coefficient (Wildman–Crippen LogP) is 4.63. The molecule has 0 unspecified atom stereocenters. The topological polar surface area (TPSA) is 60.4 Å². The molecule has 7 atom stereocenters. The van der Waals surface area contributed by atoms with Gasteiger partial charge in [-0.15, -0.1) is 11.6 Å². The second-order valence-electron chi connectivity index (χ2n) is 10.0. The maximum absolute atomic E-state index is 12.8. The molecule has 0 radical (unpaired) electrons. The van der Waals surface area contributed by atoms with Gasteiger partial charge >= 0.3 is 5.97 Å². The Morgan fingerprint density at radius 2 is 1.79 bits per heavy atom. The lowest BCUT2D eigenvalue weighted by Gasteiger charge is -2.60. The van der Waals surface area contributed by atoms with E-state index >= 15 is 0 Å². The zero-order chi connectivity index (χ0) is 20.5. The molecule has 4 rings (SSSR count). The summed E-state index contributed by atoms with van der Waals surface area (Å²) in [4.78, 5) is 36.7. The first-order valence-corrected chi connectivity index (χ1v) is 11.1.